The van der Waals surface area contributed by atoms with Crippen molar-refractivity contribution in [1.82, 2.24) is 10.2 Å². The lowest BCUT2D eigenvalue weighted by atomic mass is 9.67. The van der Waals surface area contributed by atoms with Gasteiger partial charge in [-0.3, -0.25) is 9.69 Å². The van der Waals surface area contributed by atoms with Gasteiger partial charge in [0.25, 0.3) is 5.91 Å². The lowest BCUT2D eigenvalue weighted by Gasteiger charge is -2.42. The molecule has 0 aromatic heterocycles. The molecule has 0 radical (unpaired) electrons. The maximum atomic E-state index is 13.0. The summed E-state index contributed by atoms with van der Waals surface area (Å²) in [7, 11) is 0. The maximum absolute atomic E-state index is 13.0. The van der Waals surface area contributed by atoms with E-state index in [1.165, 1.54) is 17.0 Å². The first-order valence-electron chi connectivity index (χ1n) is 8.97. The van der Waals surface area contributed by atoms with Crippen LogP contribution in [-0.2, 0) is 4.79 Å². The number of ether oxygens (including phenoxy) is 1. The number of urea groups is 1. The molecule has 1 saturated heterocycles. The number of nitrogens with zero attached hydrogens (tertiary/aromatic N) is 1. The minimum atomic E-state index is -0.743. The predicted octanol–water partition coefficient (Wildman–Crippen LogP) is 3.34. The van der Waals surface area contributed by atoms with Gasteiger partial charge >= 0.3 is 6.03 Å². The monoisotopic (exact) mass is 348 g/mol. The highest BCUT2D eigenvalue weighted by atomic mass is 19.1. The fourth-order valence-corrected chi connectivity index (χ4v) is 4.10. The molecule has 25 heavy (non-hydrogen) atoms. The van der Waals surface area contributed by atoms with Gasteiger partial charge in [0.2, 0.25) is 0 Å². The Morgan fingerprint density at radius 2 is 1.84 bits per heavy atom. The topological polar surface area (TPSA) is 58.6 Å². The molecule has 2 fully saturated rings. The first-order chi connectivity index (χ1) is 11.9. The van der Waals surface area contributed by atoms with Gasteiger partial charge in [0, 0.05) is 6.54 Å². The van der Waals surface area contributed by atoms with Crippen LogP contribution in [-0.4, -0.2) is 35.5 Å². The minimum Gasteiger partial charge on any atom is -0.494 e. The third-order valence-electron chi connectivity index (χ3n) is 5.60. The number of hydrogen-bond acceptors (Lipinski definition) is 3. The van der Waals surface area contributed by atoms with E-state index in [1.807, 2.05) is 0 Å². The van der Waals surface area contributed by atoms with Gasteiger partial charge in [-0.05, 0) is 55.4 Å². The van der Waals surface area contributed by atoms with Crippen molar-refractivity contribution in [2.45, 2.75) is 45.1 Å². The molecule has 0 bridgehead atoms. The zero-order valence-corrected chi connectivity index (χ0v) is 14.8. The number of carbonyl (C=O) groups excluding carboxylic acids is 2. The lowest BCUT2D eigenvalue weighted by Crippen LogP contribution is -2.58. The molecule has 1 spiro atoms. The summed E-state index contributed by atoms with van der Waals surface area (Å²) in [5.41, 5.74) is -0.743. The van der Waals surface area contributed by atoms with Crippen molar-refractivity contribution in [2.24, 2.45) is 11.8 Å². The molecule has 2 unspecified atom stereocenters. The number of nitrogens with one attached hydrogen (secondary N) is 1. The van der Waals surface area contributed by atoms with Crippen LogP contribution in [0.3, 0.4) is 0 Å². The van der Waals surface area contributed by atoms with Crippen LogP contribution < -0.4 is 10.1 Å². The Hall–Kier alpha value is -2.11. The molecule has 6 heteroatoms. The van der Waals surface area contributed by atoms with Gasteiger partial charge in [0.15, 0.2) is 0 Å². The number of carbonyl (C=O) groups is 2. The Balaban J connectivity index is 1.57. The van der Waals surface area contributed by atoms with Crippen molar-refractivity contribution < 1.29 is 18.7 Å². The molecule has 1 aliphatic carbocycles. The number of amides is 3. The van der Waals surface area contributed by atoms with Crippen LogP contribution in [0.25, 0.3) is 0 Å². The number of imide groups is 1. The number of hydrogen-bond donors (Lipinski definition) is 1. The normalized spacial score (nSPS) is 29.2. The zero-order chi connectivity index (χ0) is 18.0. The molecule has 136 valence electrons. The maximum Gasteiger partial charge on any atom is 0.325 e. The molecule has 2 aliphatic rings. The van der Waals surface area contributed by atoms with Gasteiger partial charge in [-0.15, -0.1) is 0 Å². The SMILES string of the molecule is CC1CCCC(C)C12NC(=O)N(CCCOc1ccc(F)cc1)C2=O. The molecule has 1 aromatic carbocycles. The van der Waals surface area contributed by atoms with Crippen LogP contribution >= 0.6 is 0 Å². The van der Waals surface area contributed by atoms with Crippen LogP contribution in [0.5, 0.6) is 5.75 Å². The molecule has 1 N–H and O–H groups in total. The molecule has 1 aliphatic heterocycles. The van der Waals surface area contributed by atoms with Crippen LogP contribution in [0.4, 0.5) is 9.18 Å². The second-order valence-corrected chi connectivity index (χ2v) is 7.14. The number of rotatable bonds is 5. The minimum absolute atomic E-state index is 0.0982. The fraction of sp³-hybridized carbons (Fsp3) is 0.579. The standard InChI is InChI=1S/C19H25FN2O3/c1-13-5-3-6-14(2)19(13)17(23)22(18(24)21-19)11-4-12-25-16-9-7-15(20)8-10-16/h7-10,13-14H,3-6,11-12H2,1-2H3,(H,21,24). The fourth-order valence-electron chi connectivity index (χ4n) is 4.10. The Labute approximate surface area is 147 Å². The lowest BCUT2D eigenvalue weighted by molar-refractivity contribution is -0.136. The molecule has 2 atom stereocenters. The van der Waals surface area contributed by atoms with Crippen molar-refractivity contribution in [3.8, 4) is 5.75 Å². The molecule has 1 aromatic rings. The molecule has 3 amide bonds. The van der Waals surface area contributed by atoms with Crippen LogP contribution in [0, 0.1) is 17.7 Å². The predicted molar refractivity (Wildman–Crippen MR) is 91.7 cm³/mol. The van der Waals surface area contributed by atoms with E-state index in [0.717, 1.165) is 19.3 Å². The summed E-state index contributed by atoms with van der Waals surface area (Å²) in [5.74, 6) is 0.456. The average molecular weight is 348 g/mol. The first-order valence-corrected chi connectivity index (χ1v) is 8.97. The highest BCUT2D eigenvalue weighted by molar-refractivity contribution is 6.07. The van der Waals surface area contributed by atoms with Crippen molar-refractivity contribution in [2.75, 3.05) is 13.2 Å². The second kappa shape index (κ2) is 7.02. The molecule has 1 heterocycles. The highest BCUT2D eigenvalue weighted by Gasteiger charge is 2.58. The van der Waals surface area contributed by atoms with E-state index in [-0.39, 0.29) is 29.6 Å². The van der Waals surface area contributed by atoms with E-state index in [1.54, 1.807) is 12.1 Å². The molecular formula is C19H25FN2O3. The van der Waals surface area contributed by atoms with Gasteiger partial charge in [0.1, 0.15) is 17.1 Å². The quantitative estimate of drug-likeness (QED) is 0.656. The van der Waals surface area contributed by atoms with Gasteiger partial charge in [-0.25, -0.2) is 9.18 Å². The zero-order valence-electron chi connectivity index (χ0n) is 14.8. The van der Waals surface area contributed by atoms with E-state index in [9.17, 15) is 14.0 Å². The van der Waals surface area contributed by atoms with Gasteiger partial charge in [-0.1, -0.05) is 20.3 Å². The largest absolute Gasteiger partial charge is 0.494 e. The average Bonchev–Trinajstić information content (AvgIpc) is 2.83. The van der Waals surface area contributed by atoms with Gasteiger partial charge < -0.3 is 10.1 Å². The second-order valence-electron chi connectivity index (χ2n) is 7.14. The summed E-state index contributed by atoms with van der Waals surface area (Å²) in [5, 5.41) is 2.99. The summed E-state index contributed by atoms with van der Waals surface area (Å²) in [6, 6.07) is 5.49. The van der Waals surface area contributed by atoms with E-state index in [4.69, 9.17) is 4.74 Å². The number of halogens is 1. The summed E-state index contributed by atoms with van der Waals surface area (Å²) in [6.45, 7) is 4.79. The smallest absolute Gasteiger partial charge is 0.325 e. The third-order valence-corrected chi connectivity index (χ3v) is 5.60. The Morgan fingerprint density at radius 1 is 1.20 bits per heavy atom. The van der Waals surface area contributed by atoms with E-state index >= 15 is 0 Å². The third kappa shape index (κ3) is 3.22. The van der Waals surface area contributed by atoms with E-state index in [0.29, 0.717) is 25.3 Å². The van der Waals surface area contributed by atoms with Crippen LogP contribution in [0.2, 0.25) is 0 Å². The summed E-state index contributed by atoms with van der Waals surface area (Å²) < 4.78 is 18.4. The van der Waals surface area contributed by atoms with Crippen LogP contribution in [0.1, 0.15) is 39.5 Å². The van der Waals surface area contributed by atoms with Crippen molar-refractivity contribution in [1.29, 1.82) is 0 Å². The van der Waals surface area contributed by atoms with E-state index in [2.05, 4.69) is 19.2 Å². The molecule has 1 saturated carbocycles. The van der Waals surface area contributed by atoms with Crippen LogP contribution in [0.15, 0.2) is 24.3 Å². The Kier molecular flexibility index (Phi) is 4.97. The first kappa shape index (κ1) is 17.7. The molecule has 3 rings (SSSR count). The summed E-state index contributed by atoms with van der Waals surface area (Å²) >= 11 is 0. The van der Waals surface area contributed by atoms with E-state index < -0.39 is 5.54 Å². The summed E-state index contributed by atoms with van der Waals surface area (Å²) in [6.07, 6.45) is 3.55. The Bertz CT molecular complexity index is 637. The molecular weight excluding hydrogens is 323 g/mol. The summed E-state index contributed by atoms with van der Waals surface area (Å²) in [4.78, 5) is 26.7. The van der Waals surface area contributed by atoms with Crippen molar-refractivity contribution in [3.63, 3.8) is 0 Å². The molecule has 5 nitrogen and oxygen atoms in total. The van der Waals surface area contributed by atoms with Gasteiger partial charge in [-0.2, -0.15) is 0 Å². The Morgan fingerprint density at radius 3 is 2.48 bits per heavy atom. The number of benzene rings is 1. The van der Waals surface area contributed by atoms with Crippen molar-refractivity contribution >= 4 is 11.9 Å². The highest BCUT2D eigenvalue weighted by Crippen LogP contribution is 2.42. The van der Waals surface area contributed by atoms with Gasteiger partial charge in [0.05, 0.1) is 6.61 Å². The van der Waals surface area contributed by atoms with Crippen molar-refractivity contribution in [3.05, 3.63) is 30.1 Å².